The van der Waals surface area contributed by atoms with Crippen molar-refractivity contribution in [2.75, 3.05) is 17.6 Å². The Morgan fingerprint density at radius 2 is 2.22 bits per heavy atom. The molecule has 2 heterocycles. The van der Waals surface area contributed by atoms with Gasteiger partial charge in [0.05, 0.1) is 5.52 Å². The molecule has 0 aliphatic carbocycles. The lowest BCUT2D eigenvalue weighted by Gasteiger charge is -2.12. The first-order valence-corrected chi connectivity index (χ1v) is 7.53. The number of para-hydroxylation sites is 1. The third-order valence-electron chi connectivity index (χ3n) is 3.10. The predicted octanol–water partition coefficient (Wildman–Crippen LogP) is 3.59. The molecular formula is C13H14ClN3S. The van der Waals surface area contributed by atoms with E-state index in [0.29, 0.717) is 10.5 Å². The summed E-state index contributed by atoms with van der Waals surface area (Å²) in [5.41, 5.74) is 0.888. The molecule has 1 aromatic heterocycles. The molecule has 2 aromatic rings. The van der Waals surface area contributed by atoms with Gasteiger partial charge >= 0.3 is 0 Å². The van der Waals surface area contributed by atoms with Crippen LogP contribution in [0.5, 0.6) is 0 Å². The van der Waals surface area contributed by atoms with Crippen LogP contribution >= 0.6 is 23.4 Å². The molecule has 1 aromatic carbocycles. The van der Waals surface area contributed by atoms with Gasteiger partial charge in [0.25, 0.3) is 0 Å². The highest BCUT2D eigenvalue weighted by molar-refractivity contribution is 8.00. The van der Waals surface area contributed by atoms with E-state index in [-0.39, 0.29) is 0 Å². The van der Waals surface area contributed by atoms with E-state index in [1.807, 2.05) is 36.0 Å². The lowest BCUT2D eigenvalue weighted by molar-refractivity contribution is 0.804. The Morgan fingerprint density at radius 3 is 3.06 bits per heavy atom. The maximum absolute atomic E-state index is 5.95. The minimum atomic E-state index is 0.301. The number of nitrogens with one attached hydrogen (secondary N) is 1. The summed E-state index contributed by atoms with van der Waals surface area (Å²) in [5, 5.41) is 5.44. The zero-order chi connectivity index (χ0) is 12.4. The Morgan fingerprint density at radius 1 is 1.33 bits per heavy atom. The monoisotopic (exact) mass is 279 g/mol. The molecule has 1 saturated heterocycles. The summed E-state index contributed by atoms with van der Waals surface area (Å²) in [6.07, 6.45) is 2.61. The maximum Gasteiger partial charge on any atom is 0.224 e. The fourth-order valence-corrected chi connectivity index (χ4v) is 3.58. The van der Waals surface area contributed by atoms with E-state index in [2.05, 4.69) is 15.3 Å². The Kier molecular flexibility index (Phi) is 3.57. The molecular weight excluding hydrogens is 266 g/mol. The molecule has 0 spiro atoms. The van der Waals surface area contributed by atoms with Gasteiger partial charge in [-0.15, -0.1) is 0 Å². The predicted molar refractivity (Wildman–Crippen MR) is 78.5 cm³/mol. The summed E-state index contributed by atoms with van der Waals surface area (Å²) < 4.78 is 0. The Hall–Kier alpha value is -1.00. The highest BCUT2D eigenvalue weighted by atomic mass is 35.5. The fraction of sp³-hybridized carbons (Fsp3) is 0.385. The van der Waals surface area contributed by atoms with Gasteiger partial charge in [0, 0.05) is 17.2 Å². The number of rotatable bonds is 3. The third-order valence-corrected chi connectivity index (χ3v) is 4.66. The zero-order valence-electron chi connectivity index (χ0n) is 9.90. The van der Waals surface area contributed by atoms with Gasteiger partial charge < -0.3 is 5.32 Å². The molecule has 1 N–H and O–H groups in total. The number of nitrogens with zero attached hydrogens (tertiary/aromatic N) is 2. The summed E-state index contributed by atoms with van der Waals surface area (Å²) in [6, 6.07) is 7.94. The van der Waals surface area contributed by atoms with E-state index in [0.717, 1.165) is 23.3 Å². The van der Waals surface area contributed by atoms with Crippen LogP contribution in [0.2, 0.25) is 5.28 Å². The number of thioether (sulfide) groups is 1. The number of halogens is 1. The van der Waals surface area contributed by atoms with Crippen molar-refractivity contribution in [3.05, 3.63) is 29.5 Å². The van der Waals surface area contributed by atoms with Crippen molar-refractivity contribution < 1.29 is 0 Å². The zero-order valence-corrected chi connectivity index (χ0v) is 11.5. The number of hydrogen-bond donors (Lipinski definition) is 1. The minimum absolute atomic E-state index is 0.301. The molecule has 0 amide bonds. The number of fused-ring (bicyclic) bond motifs is 1. The summed E-state index contributed by atoms with van der Waals surface area (Å²) in [6.45, 7) is 0.946. The highest BCUT2D eigenvalue weighted by Crippen LogP contribution is 2.27. The Bertz CT molecular complexity index is 555. The fourth-order valence-electron chi connectivity index (χ4n) is 2.20. The average Bonchev–Trinajstić information content (AvgIpc) is 2.89. The molecule has 0 bridgehead atoms. The van der Waals surface area contributed by atoms with E-state index in [9.17, 15) is 0 Å². The first kappa shape index (κ1) is 12.1. The molecule has 1 aliphatic rings. The van der Waals surface area contributed by atoms with E-state index >= 15 is 0 Å². The minimum Gasteiger partial charge on any atom is -0.368 e. The van der Waals surface area contributed by atoms with Crippen LogP contribution < -0.4 is 5.32 Å². The average molecular weight is 280 g/mol. The molecule has 1 aliphatic heterocycles. The normalized spacial score (nSPS) is 19.3. The number of anilines is 1. The molecule has 1 atom stereocenters. The first-order valence-electron chi connectivity index (χ1n) is 6.11. The molecule has 3 nitrogen and oxygen atoms in total. The molecule has 0 saturated carbocycles. The Balaban J connectivity index is 1.85. The molecule has 18 heavy (non-hydrogen) atoms. The van der Waals surface area contributed by atoms with Gasteiger partial charge in [-0.05, 0) is 42.3 Å². The molecule has 3 rings (SSSR count). The van der Waals surface area contributed by atoms with Gasteiger partial charge in [0.15, 0.2) is 0 Å². The lowest BCUT2D eigenvalue weighted by atomic mass is 10.2. The van der Waals surface area contributed by atoms with Crippen molar-refractivity contribution in [1.29, 1.82) is 0 Å². The van der Waals surface area contributed by atoms with Crippen molar-refractivity contribution in [3.8, 4) is 0 Å². The van der Waals surface area contributed by atoms with Gasteiger partial charge in [-0.3, -0.25) is 0 Å². The Labute approximate surface area is 115 Å². The van der Waals surface area contributed by atoms with Crippen LogP contribution in [0.25, 0.3) is 10.9 Å². The van der Waals surface area contributed by atoms with Gasteiger partial charge in [-0.1, -0.05) is 12.1 Å². The second-order valence-corrected chi connectivity index (χ2v) is 6.12. The standard InChI is InChI=1S/C13H14ClN3S/c14-13-16-11-6-2-1-5-10(11)12(17-13)15-8-9-4-3-7-18-9/h1-2,5-6,9H,3-4,7-8H2,(H,15,16,17). The molecule has 1 fully saturated rings. The largest absolute Gasteiger partial charge is 0.368 e. The van der Waals surface area contributed by atoms with E-state index < -0.39 is 0 Å². The van der Waals surface area contributed by atoms with Crippen LogP contribution in [-0.2, 0) is 0 Å². The van der Waals surface area contributed by atoms with Crippen molar-refractivity contribution in [1.82, 2.24) is 9.97 Å². The van der Waals surface area contributed by atoms with Crippen LogP contribution in [-0.4, -0.2) is 27.5 Å². The van der Waals surface area contributed by atoms with Crippen LogP contribution in [0.15, 0.2) is 24.3 Å². The second-order valence-electron chi connectivity index (χ2n) is 4.37. The summed E-state index contributed by atoms with van der Waals surface area (Å²) in [5.74, 6) is 2.12. The van der Waals surface area contributed by atoms with Gasteiger partial charge in [0.1, 0.15) is 5.82 Å². The van der Waals surface area contributed by atoms with Gasteiger partial charge in [-0.2, -0.15) is 11.8 Å². The SMILES string of the molecule is Clc1nc(NCC2CCCS2)c2ccccc2n1. The number of benzene rings is 1. The van der Waals surface area contributed by atoms with Gasteiger partial charge in [-0.25, -0.2) is 9.97 Å². The molecule has 1 unspecified atom stereocenters. The number of hydrogen-bond acceptors (Lipinski definition) is 4. The lowest BCUT2D eigenvalue weighted by Crippen LogP contribution is -2.14. The van der Waals surface area contributed by atoms with Crippen LogP contribution in [0.3, 0.4) is 0 Å². The highest BCUT2D eigenvalue weighted by Gasteiger charge is 2.16. The van der Waals surface area contributed by atoms with Crippen molar-refractivity contribution >= 4 is 40.1 Å². The van der Waals surface area contributed by atoms with Crippen molar-refractivity contribution in [3.63, 3.8) is 0 Å². The van der Waals surface area contributed by atoms with Crippen LogP contribution in [0, 0.1) is 0 Å². The van der Waals surface area contributed by atoms with Crippen molar-refractivity contribution in [2.45, 2.75) is 18.1 Å². The first-order chi connectivity index (χ1) is 8.83. The topological polar surface area (TPSA) is 37.8 Å². The summed E-state index contributed by atoms with van der Waals surface area (Å²) in [4.78, 5) is 8.52. The summed E-state index contributed by atoms with van der Waals surface area (Å²) in [7, 11) is 0. The van der Waals surface area contributed by atoms with Gasteiger partial charge in [0.2, 0.25) is 5.28 Å². The summed E-state index contributed by atoms with van der Waals surface area (Å²) >= 11 is 7.98. The second kappa shape index (κ2) is 5.33. The third kappa shape index (κ3) is 2.54. The molecule has 94 valence electrons. The van der Waals surface area contributed by atoms with E-state index in [4.69, 9.17) is 11.6 Å². The quantitative estimate of drug-likeness (QED) is 0.872. The maximum atomic E-state index is 5.95. The van der Waals surface area contributed by atoms with Crippen molar-refractivity contribution in [2.24, 2.45) is 0 Å². The molecule has 0 radical (unpaired) electrons. The smallest absolute Gasteiger partial charge is 0.224 e. The van der Waals surface area contributed by atoms with E-state index in [1.54, 1.807) is 0 Å². The van der Waals surface area contributed by atoms with Crippen LogP contribution in [0.4, 0.5) is 5.82 Å². The van der Waals surface area contributed by atoms with Crippen LogP contribution in [0.1, 0.15) is 12.8 Å². The number of aromatic nitrogens is 2. The molecule has 5 heteroatoms. The van der Waals surface area contributed by atoms with E-state index in [1.165, 1.54) is 18.6 Å².